The van der Waals surface area contributed by atoms with Gasteiger partial charge in [-0.2, -0.15) is 0 Å². The van der Waals surface area contributed by atoms with Crippen molar-refractivity contribution >= 4 is 17.5 Å². The van der Waals surface area contributed by atoms with Gasteiger partial charge in [0.15, 0.2) is 6.04 Å². The van der Waals surface area contributed by atoms with Crippen molar-refractivity contribution in [1.82, 2.24) is 0 Å². The SMILES string of the molecule is Cc1ccc(N2C(=O)C[C@@H]([NH+]3CC[NH+]([C@H]4CCc5ccccc5C4)CC3)C2=O)cc1. The highest BCUT2D eigenvalue weighted by Crippen LogP contribution is 2.22. The van der Waals surface area contributed by atoms with Gasteiger partial charge in [0.25, 0.3) is 5.91 Å². The van der Waals surface area contributed by atoms with Crippen LogP contribution in [-0.2, 0) is 22.4 Å². The van der Waals surface area contributed by atoms with Crippen LogP contribution in [0.1, 0.15) is 29.5 Å². The van der Waals surface area contributed by atoms with Crippen LogP contribution in [0.25, 0.3) is 0 Å². The van der Waals surface area contributed by atoms with E-state index in [4.69, 9.17) is 0 Å². The molecule has 0 bridgehead atoms. The minimum absolute atomic E-state index is 0.0195. The van der Waals surface area contributed by atoms with Crippen LogP contribution in [0.2, 0.25) is 0 Å². The third kappa shape index (κ3) is 3.57. The van der Waals surface area contributed by atoms with Crippen molar-refractivity contribution in [3.05, 3.63) is 65.2 Å². The second-order valence-electron chi connectivity index (χ2n) is 9.18. The standard InChI is InChI=1S/C25H29N3O2/c1-18-6-9-21(10-7-18)28-24(29)17-23(25(28)30)27-14-12-26(13-15-27)22-11-8-19-4-2-3-5-20(19)16-22/h2-7,9-10,22-23H,8,11-17H2,1H3/p+2/t22-,23+/m0/s1. The summed E-state index contributed by atoms with van der Waals surface area (Å²) in [5.41, 5.74) is 4.87. The fraction of sp³-hybridized carbons (Fsp3) is 0.440. The predicted octanol–water partition coefficient (Wildman–Crippen LogP) is -0.0322. The first kappa shape index (κ1) is 19.5. The number of carbonyl (C=O) groups excluding carboxylic acids is 2. The Morgan fingerprint density at radius 3 is 2.23 bits per heavy atom. The van der Waals surface area contributed by atoms with Gasteiger partial charge < -0.3 is 9.80 Å². The molecule has 5 rings (SSSR count). The smallest absolute Gasteiger partial charge is 0.292 e. The number of aryl methyl sites for hydroxylation is 2. The topological polar surface area (TPSA) is 46.3 Å². The van der Waals surface area contributed by atoms with Gasteiger partial charge in [-0.1, -0.05) is 42.0 Å². The van der Waals surface area contributed by atoms with E-state index in [-0.39, 0.29) is 17.9 Å². The summed E-state index contributed by atoms with van der Waals surface area (Å²) in [7, 11) is 0. The van der Waals surface area contributed by atoms with Crippen molar-refractivity contribution in [2.45, 2.75) is 44.7 Å². The van der Waals surface area contributed by atoms with Gasteiger partial charge in [0, 0.05) is 12.8 Å². The zero-order valence-corrected chi connectivity index (χ0v) is 17.7. The maximum absolute atomic E-state index is 13.1. The molecule has 5 nitrogen and oxygen atoms in total. The molecule has 2 aromatic carbocycles. The minimum Gasteiger partial charge on any atom is -0.323 e. The minimum atomic E-state index is -0.215. The molecule has 30 heavy (non-hydrogen) atoms. The monoisotopic (exact) mass is 405 g/mol. The molecule has 2 saturated heterocycles. The number of rotatable bonds is 3. The lowest BCUT2D eigenvalue weighted by molar-refractivity contribution is -1.03. The number of anilines is 1. The number of fused-ring (bicyclic) bond motifs is 1. The van der Waals surface area contributed by atoms with Gasteiger partial charge in [-0.3, -0.25) is 9.59 Å². The molecule has 0 radical (unpaired) electrons. The third-order valence-corrected chi connectivity index (χ3v) is 7.39. The summed E-state index contributed by atoms with van der Waals surface area (Å²) in [6.07, 6.45) is 3.95. The Balaban J connectivity index is 1.21. The normalized spacial score (nSPS) is 29.2. The maximum atomic E-state index is 13.1. The van der Waals surface area contributed by atoms with Crippen LogP contribution in [-0.4, -0.2) is 50.1 Å². The van der Waals surface area contributed by atoms with Gasteiger partial charge in [-0.25, -0.2) is 4.90 Å². The van der Waals surface area contributed by atoms with E-state index in [1.165, 1.54) is 40.2 Å². The molecule has 2 heterocycles. The highest BCUT2D eigenvalue weighted by molar-refractivity contribution is 6.21. The Hall–Kier alpha value is -2.50. The number of nitrogens with zero attached hydrogens (tertiary/aromatic N) is 1. The van der Waals surface area contributed by atoms with Gasteiger partial charge in [0.05, 0.1) is 18.2 Å². The predicted molar refractivity (Wildman–Crippen MR) is 116 cm³/mol. The summed E-state index contributed by atoms with van der Waals surface area (Å²) >= 11 is 0. The second-order valence-corrected chi connectivity index (χ2v) is 9.18. The summed E-state index contributed by atoms with van der Waals surface area (Å²) in [5.74, 6) is -0.0751. The Labute approximate surface area is 178 Å². The third-order valence-electron chi connectivity index (χ3n) is 7.39. The zero-order valence-electron chi connectivity index (χ0n) is 17.7. The summed E-state index contributed by atoms with van der Waals surface area (Å²) < 4.78 is 0. The molecule has 2 fully saturated rings. The molecular formula is C25H31N3O2+2. The Morgan fingerprint density at radius 1 is 0.833 bits per heavy atom. The molecule has 0 unspecified atom stereocenters. The molecule has 0 aromatic heterocycles. The molecule has 156 valence electrons. The summed E-state index contributed by atoms with van der Waals surface area (Å²) in [6.45, 7) is 6.13. The molecule has 0 saturated carbocycles. The van der Waals surface area contributed by atoms with Crippen molar-refractivity contribution in [3.8, 4) is 0 Å². The van der Waals surface area contributed by atoms with Gasteiger partial charge in [0.1, 0.15) is 26.2 Å². The van der Waals surface area contributed by atoms with Gasteiger partial charge >= 0.3 is 0 Å². The van der Waals surface area contributed by atoms with E-state index >= 15 is 0 Å². The molecule has 2 atom stereocenters. The zero-order chi connectivity index (χ0) is 20.7. The van der Waals surface area contributed by atoms with Crippen LogP contribution in [0.15, 0.2) is 48.5 Å². The summed E-state index contributed by atoms with van der Waals surface area (Å²) in [5, 5.41) is 0. The van der Waals surface area contributed by atoms with E-state index < -0.39 is 0 Å². The number of hydrogen-bond acceptors (Lipinski definition) is 2. The lowest BCUT2D eigenvalue weighted by Gasteiger charge is -2.37. The molecule has 3 aliphatic rings. The number of piperazine rings is 1. The number of amides is 2. The fourth-order valence-electron chi connectivity index (χ4n) is 5.61. The first-order valence-corrected chi connectivity index (χ1v) is 11.3. The van der Waals surface area contributed by atoms with E-state index in [0.29, 0.717) is 18.2 Å². The van der Waals surface area contributed by atoms with E-state index in [1.807, 2.05) is 31.2 Å². The quantitative estimate of drug-likeness (QED) is 0.705. The molecule has 2 amide bonds. The number of quaternary nitrogens is 2. The molecule has 2 N–H and O–H groups in total. The first-order chi connectivity index (χ1) is 14.6. The molecule has 2 aliphatic heterocycles. The molecule has 5 heteroatoms. The van der Waals surface area contributed by atoms with Crippen LogP contribution < -0.4 is 14.7 Å². The Morgan fingerprint density at radius 2 is 1.50 bits per heavy atom. The lowest BCUT2D eigenvalue weighted by atomic mass is 9.87. The first-order valence-electron chi connectivity index (χ1n) is 11.3. The Bertz CT molecular complexity index is 947. The van der Waals surface area contributed by atoms with Gasteiger partial charge in [0.2, 0.25) is 5.91 Å². The molecular weight excluding hydrogens is 374 g/mol. The number of nitrogens with one attached hydrogen (secondary N) is 2. The van der Waals surface area contributed by atoms with Gasteiger partial charge in [-0.05, 0) is 36.6 Å². The summed E-state index contributed by atoms with van der Waals surface area (Å²) in [6, 6.07) is 17.0. The van der Waals surface area contributed by atoms with Crippen LogP contribution in [0.3, 0.4) is 0 Å². The molecule has 2 aromatic rings. The van der Waals surface area contributed by atoms with Crippen LogP contribution in [0, 0.1) is 6.92 Å². The van der Waals surface area contributed by atoms with Crippen molar-refractivity contribution < 1.29 is 19.4 Å². The second kappa shape index (κ2) is 7.97. The van der Waals surface area contributed by atoms with E-state index in [1.54, 1.807) is 4.90 Å². The highest BCUT2D eigenvalue weighted by Gasteiger charge is 2.47. The van der Waals surface area contributed by atoms with Crippen molar-refractivity contribution in [2.75, 3.05) is 31.1 Å². The highest BCUT2D eigenvalue weighted by atomic mass is 16.2. The maximum Gasteiger partial charge on any atom is 0.292 e. The van der Waals surface area contributed by atoms with Crippen molar-refractivity contribution in [2.24, 2.45) is 0 Å². The van der Waals surface area contributed by atoms with Gasteiger partial charge in [-0.15, -0.1) is 0 Å². The number of imide groups is 1. The fourth-order valence-corrected chi connectivity index (χ4v) is 5.61. The van der Waals surface area contributed by atoms with Crippen LogP contribution in [0.4, 0.5) is 5.69 Å². The number of carbonyl (C=O) groups is 2. The molecule has 0 spiro atoms. The average molecular weight is 406 g/mol. The Kier molecular flexibility index (Phi) is 5.17. The van der Waals surface area contributed by atoms with E-state index in [0.717, 1.165) is 31.7 Å². The van der Waals surface area contributed by atoms with E-state index in [2.05, 4.69) is 24.3 Å². The average Bonchev–Trinajstić information content (AvgIpc) is 3.08. The summed E-state index contributed by atoms with van der Waals surface area (Å²) in [4.78, 5) is 30.1. The van der Waals surface area contributed by atoms with Crippen molar-refractivity contribution in [1.29, 1.82) is 0 Å². The molecule has 1 aliphatic carbocycles. The van der Waals surface area contributed by atoms with Crippen LogP contribution >= 0.6 is 0 Å². The number of benzene rings is 2. The van der Waals surface area contributed by atoms with E-state index in [9.17, 15) is 9.59 Å². The largest absolute Gasteiger partial charge is 0.323 e. The van der Waals surface area contributed by atoms with Crippen LogP contribution in [0.5, 0.6) is 0 Å². The number of hydrogen-bond donors (Lipinski definition) is 2. The lowest BCUT2D eigenvalue weighted by Crippen LogP contribution is -3.31. The van der Waals surface area contributed by atoms with Crippen molar-refractivity contribution in [3.63, 3.8) is 0 Å².